The molecule has 0 unspecified atom stereocenters. The molecule has 0 atom stereocenters. The Balaban J connectivity index is 2.97. The van der Waals surface area contributed by atoms with Gasteiger partial charge in [0.05, 0.1) is 5.41 Å². The van der Waals surface area contributed by atoms with E-state index in [9.17, 15) is 4.79 Å². The summed E-state index contributed by atoms with van der Waals surface area (Å²) >= 11 is 0. The summed E-state index contributed by atoms with van der Waals surface area (Å²) in [5.74, 6) is 0.115. The number of carbonyl (C=O) groups is 1. The van der Waals surface area contributed by atoms with Gasteiger partial charge in [0, 0.05) is 19.3 Å². The van der Waals surface area contributed by atoms with Gasteiger partial charge >= 0.3 is 0 Å². The summed E-state index contributed by atoms with van der Waals surface area (Å²) < 4.78 is 0. The van der Waals surface area contributed by atoms with Crippen LogP contribution in [0.25, 0.3) is 0 Å². The molecule has 0 heterocycles. The Morgan fingerprint density at radius 1 is 1.16 bits per heavy atom. The normalized spacial score (nSPS) is 11.4. The fourth-order valence-electron chi connectivity index (χ4n) is 2.36. The van der Waals surface area contributed by atoms with Gasteiger partial charge in [0.1, 0.15) is 0 Å². The van der Waals surface area contributed by atoms with E-state index in [1.54, 1.807) is 4.90 Å². The molecule has 0 radical (unpaired) electrons. The average Bonchev–Trinajstić information content (AvgIpc) is 2.48. The molecule has 0 bridgehead atoms. The predicted molar refractivity (Wildman–Crippen MR) is 81.3 cm³/mol. The fraction of sp³-hybridized carbons (Fsp3) is 0.562. The molecule has 19 heavy (non-hydrogen) atoms. The maximum absolute atomic E-state index is 12.7. The van der Waals surface area contributed by atoms with Crippen molar-refractivity contribution in [2.75, 3.05) is 18.5 Å². The lowest BCUT2D eigenvalue weighted by atomic mass is 9.81. The molecule has 0 saturated carbocycles. The van der Waals surface area contributed by atoms with Crippen molar-refractivity contribution in [2.24, 2.45) is 11.1 Å². The molecular weight excluding hydrogens is 236 g/mol. The van der Waals surface area contributed by atoms with E-state index in [2.05, 4.69) is 19.1 Å². The minimum Gasteiger partial charge on any atom is -0.329 e. The first-order valence-corrected chi connectivity index (χ1v) is 7.11. The van der Waals surface area contributed by atoms with E-state index in [1.165, 1.54) is 5.56 Å². The summed E-state index contributed by atoms with van der Waals surface area (Å²) in [5, 5.41) is 0. The van der Waals surface area contributed by atoms with Gasteiger partial charge in [-0.05, 0) is 37.0 Å². The third-order valence-electron chi connectivity index (χ3n) is 4.23. The lowest BCUT2D eigenvalue weighted by Gasteiger charge is -2.33. The molecule has 0 spiro atoms. The third-order valence-corrected chi connectivity index (χ3v) is 4.23. The highest BCUT2D eigenvalue weighted by Gasteiger charge is 2.36. The summed E-state index contributed by atoms with van der Waals surface area (Å²) in [4.78, 5) is 14.4. The van der Waals surface area contributed by atoms with Crippen LogP contribution < -0.4 is 10.6 Å². The number of rotatable bonds is 6. The number of aryl methyl sites for hydroxylation is 1. The van der Waals surface area contributed by atoms with Gasteiger partial charge in [-0.15, -0.1) is 0 Å². The topological polar surface area (TPSA) is 46.3 Å². The second-order valence-electron chi connectivity index (χ2n) is 5.08. The Morgan fingerprint density at radius 3 is 2.05 bits per heavy atom. The van der Waals surface area contributed by atoms with E-state index < -0.39 is 5.41 Å². The van der Waals surface area contributed by atoms with E-state index in [0.717, 1.165) is 24.9 Å². The van der Waals surface area contributed by atoms with Gasteiger partial charge in [-0.25, -0.2) is 0 Å². The van der Waals surface area contributed by atoms with Gasteiger partial charge in [0.15, 0.2) is 0 Å². The van der Waals surface area contributed by atoms with E-state index in [1.807, 2.05) is 33.0 Å². The molecule has 1 aromatic rings. The molecule has 1 amide bonds. The van der Waals surface area contributed by atoms with Gasteiger partial charge in [-0.2, -0.15) is 0 Å². The van der Waals surface area contributed by atoms with Crippen molar-refractivity contribution in [2.45, 2.75) is 40.0 Å². The van der Waals surface area contributed by atoms with E-state index in [0.29, 0.717) is 6.54 Å². The molecule has 2 N–H and O–H groups in total. The van der Waals surface area contributed by atoms with Crippen LogP contribution in [-0.2, 0) is 11.2 Å². The zero-order valence-electron chi connectivity index (χ0n) is 12.6. The minimum absolute atomic E-state index is 0.115. The molecule has 0 fully saturated rings. The molecule has 3 nitrogen and oxygen atoms in total. The summed E-state index contributed by atoms with van der Waals surface area (Å²) in [6.45, 7) is 6.58. The zero-order chi connectivity index (χ0) is 14.5. The first-order chi connectivity index (χ1) is 9.04. The highest BCUT2D eigenvalue weighted by atomic mass is 16.2. The van der Waals surface area contributed by atoms with Gasteiger partial charge in [-0.1, -0.05) is 32.9 Å². The highest BCUT2D eigenvalue weighted by Crippen LogP contribution is 2.29. The Labute approximate surface area is 116 Å². The second kappa shape index (κ2) is 6.71. The van der Waals surface area contributed by atoms with Crippen LogP contribution in [0.3, 0.4) is 0 Å². The third kappa shape index (κ3) is 3.16. The van der Waals surface area contributed by atoms with Crippen molar-refractivity contribution in [3.8, 4) is 0 Å². The quantitative estimate of drug-likeness (QED) is 0.856. The maximum atomic E-state index is 12.7. The summed E-state index contributed by atoms with van der Waals surface area (Å²) in [7, 11) is 1.83. The number of anilines is 1. The van der Waals surface area contributed by atoms with Gasteiger partial charge in [-0.3, -0.25) is 4.79 Å². The summed E-state index contributed by atoms with van der Waals surface area (Å²) in [5.41, 5.74) is 7.62. The second-order valence-corrected chi connectivity index (χ2v) is 5.08. The summed E-state index contributed by atoms with van der Waals surface area (Å²) in [6.07, 6.45) is 2.56. The number of carbonyl (C=O) groups excluding carboxylic acids is 1. The maximum Gasteiger partial charge on any atom is 0.234 e. The predicted octanol–water partition coefficient (Wildman–Crippen LogP) is 2.98. The standard InChI is InChI=1S/C16H26N2O/c1-5-13-8-10-14(11-9-13)18(4)15(19)16(6-2,7-3)12-17/h8-11H,5-7,12,17H2,1-4H3. The highest BCUT2D eigenvalue weighted by molar-refractivity contribution is 5.97. The Bertz CT molecular complexity index is 399. The number of hydrogen-bond acceptors (Lipinski definition) is 2. The molecule has 0 aliphatic carbocycles. The molecule has 1 aromatic carbocycles. The number of hydrogen-bond donors (Lipinski definition) is 1. The van der Waals surface area contributed by atoms with Gasteiger partial charge < -0.3 is 10.6 Å². The van der Waals surface area contributed by atoms with Crippen molar-refractivity contribution >= 4 is 11.6 Å². The van der Waals surface area contributed by atoms with Crippen molar-refractivity contribution in [3.63, 3.8) is 0 Å². The van der Waals surface area contributed by atoms with Crippen LogP contribution in [0.15, 0.2) is 24.3 Å². The van der Waals surface area contributed by atoms with Gasteiger partial charge in [0.25, 0.3) is 0 Å². The van der Waals surface area contributed by atoms with Crippen LogP contribution in [0, 0.1) is 5.41 Å². The van der Waals surface area contributed by atoms with Gasteiger partial charge in [0.2, 0.25) is 5.91 Å². The van der Waals surface area contributed by atoms with Crippen LogP contribution in [0.5, 0.6) is 0 Å². The zero-order valence-corrected chi connectivity index (χ0v) is 12.6. The molecule has 0 saturated heterocycles. The van der Waals surface area contributed by atoms with E-state index >= 15 is 0 Å². The van der Waals surface area contributed by atoms with Crippen molar-refractivity contribution in [3.05, 3.63) is 29.8 Å². The Hall–Kier alpha value is -1.35. The van der Waals surface area contributed by atoms with Crippen LogP contribution in [0.1, 0.15) is 39.2 Å². The SMILES string of the molecule is CCc1ccc(N(C)C(=O)C(CC)(CC)CN)cc1. The molecule has 106 valence electrons. The van der Waals surface area contributed by atoms with Crippen molar-refractivity contribution < 1.29 is 4.79 Å². The number of benzene rings is 1. The number of nitrogens with two attached hydrogens (primary N) is 1. The van der Waals surface area contributed by atoms with Crippen LogP contribution in [-0.4, -0.2) is 19.5 Å². The van der Waals surface area contributed by atoms with E-state index in [4.69, 9.17) is 5.73 Å². The molecule has 3 heteroatoms. The fourth-order valence-corrected chi connectivity index (χ4v) is 2.36. The minimum atomic E-state index is -0.432. The van der Waals surface area contributed by atoms with Crippen molar-refractivity contribution in [1.82, 2.24) is 0 Å². The van der Waals surface area contributed by atoms with Crippen LogP contribution in [0.2, 0.25) is 0 Å². The van der Waals surface area contributed by atoms with E-state index in [-0.39, 0.29) is 5.91 Å². The number of nitrogens with zero attached hydrogens (tertiary/aromatic N) is 1. The summed E-state index contributed by atoms with van der Waals surface area (Å²) in [6, 6.07) is 8.15. The first kappa shape index (κ1) is 15.7. The average molecular weight is 262 g/mol. The lowest BCUT2D eigenvalue weighted by Crippen LogP contribution is -2.46. The van der Waals surface area contributed by atoms with Crippen LogP contribution in [0.4, 0.5) is 5.69 Å². The Morgan fingerprint density at radius 2 is 1.68 bits per heavy atom. The largest absolute Gasteiger partial charge is 0.329 e. The molecule has 0 aromatic heterocycles. The monoisotopic (exact) mass is 262 g/mol. The molecule has 1 rings (SSSR count). The number of amides is 1. The lowest BCUT2D eigenvalue weighted by molar-refractivity contribution is -0.127. The molecular formula is C16H26N2O. The molecule has 0 aliphatic heterocycles. The molecule has 0 aliphatic rings. The Kier molecular flexibility index (Phi) is 5.55. The first-order valence-electron chi connectivity index (χ1n) is 7.11. The smallest absolute Gasteiger partial charge is 0.234 e. The van der Waals surface area contributed by atoms with Crippen LogP contribution >= 0.6 is 0 Å². The van der Waals surface area contributed by atoms with Crippen molar-refractivity contribution in [1.29, 1.82) is 0 Å².